The zero-order valence-electron chi connectivity index (χ0n) is 13.4. The van der Waals surface area contributed by atoms with Crippen LogP contribution in [0.15, 0.2) is 12.1 Å². The van der Waals surface area contributed by atoms with Crippen molar-refractivity contribution in [2.24, 2.45) is 0 Å². The number of aryl methyl sites for hydroxylation is 1. The van der Waals surface area contributed by atoms with Gasteiger partial charge in [0, 0.05) is 30.9 Å². The van der Waals surface area contributed by atoms with E-state index in [1.165, 1.54) is 0 Å². The highest BCUT2D eigenvalue weighted by atomic mass is 16.2. The number of anilines is 1. The topological polar surface area (TPSA) is 45.2 Å². The monoisotopic (exact) mass is 277 g/mol. The lowest BCUT2D eigenvalue weighted by Gasteiger charge is -2.25. The first-order valence-corrected chi connectivity index (χ1v) is 7.49. The van der Waals surface area contributed by atoms with Crippen molar-refractivity contribution >= 4 is 11.7 Å². The number of nitrogens with zero attached hydrogens (tertiary/aromatic N) is 2. The summed E-state index contributed by atoms with van der Waals surface area (Å²) in [7, 11) is 1.87. The molecule has 0 saturated heterocycles. The third kappa shape index (κ3) is 4.51. The van der Waals surface area contributed by atoms with Gasteiger partial charge in [0.15, 0.2) is 0 Å². The molecule has 0 aromatic carbocycles. The zero-order chi connectivity index (χ0) is 15.1. The standard InChI is InChI=1S/C16H27N3O/c1-6-8-13(4)19(5)16(20)14-10-12(3)18-15(11-14)17-9-7-2/h10-11,13H,6-9H2,1-5H3,(H,17,18). The number of amides is 1. The van der Waals surface area contributed by atoms with Gasteiger partial charge in [-0.05, 0) is 38.8 Å². The summed E-state index contributed by atoms with van der Waals surface area (Å²) in [6.45, 7) is 9.12. The van der Waals surface area contributed by atoms with Gasteiger partial charge in [0.05, 0.1) is 0 Å². The lowest BCUT2D eigenvalue weighted by molar-refractivity contribution is 0.0736. The van der Waals surface area contributed by atoms with Gasteiger partial charge in [-0.25, -0.2) is 4.98 Å². The summed E-state index contributed by atoms with van der Waals surface area (Å²) >= 11 is 0. The molecule has 1 amide bonds. The summed E-state index contributed by atoms with van der Waals surface area (Å²) in [6.07, 6.45) is 3.14. The Morgan fingerprint density at radius 3 is 2.65 bits per heavy atom. The van der Waals surface area contributed by atoms with Crippen LogP contribution in [0.25, 0.3) is 0 Å². The van der Waals surface area contributed by atoms with Crippen LogP contribution < -0.4 is 5.32 Å². The number of pyridine rings is 1. The van der Waals surface area contributed by atoms with E-state index in [-0.39, 0.29) is 11.9 Å². The summed E-state index contributed by atoms with van der Waals surface area (Å²) < 4.78 is 0. The van der Waals surface area contributed by atoms with Crippen LogP contribution in [-0.4, -0.2) is 35.4 Å². The molecule has 4 heteroatoms. The average molecular weight is 277 g/mol. The minimum Gasteiger partial charge on any atom is -0.370 e. The fourth-order valence-electron chi connectivity index (χ4n) is 2.15. The number of rotatable bonds is 7. The Morgan fingerprint density at radius 2 is 2.05 bits per heavy atom. The number of carbonyl (C=O) groups excluding carboxylic acids is 1. The van der Waals surface area contributed by atoms with Crippen LogP contribution in [0, 0.1) is 6.92 Å². The predicted molar refractivity (Wildman–Crippen MR) is 84.2 cm³/mol. The van der Waals surface area contributed by atoms with Crippen LogP contribution in [-0.2, 0) is 0 Å². The SMILES string of the molecule is CCCNc1cc(C(=O)N(C)C(C)CCC)cc(C)n1. The van der Waals surface area contributed by atoms with Crippen LogP contribution >= 0.6 is 0 Å². The fourth-order valence-corrected chi connectivity index (χ4v) is 2.15. The van der Waals surface area contributed by atoms with Crippen molar-refractivity contribution in [3.63, 3.8) is 0 Å². The molecule has 0 spiro atoms. The van der Waals surface area contributed by atoms with E-state index in [4.69, 9.17) is 0 Å². The van der Waals surface area contributed by atoms with Crippen molar-refractivity contribution in [2.75, 3.05) is 18.9 Å². The van der Waals surface area contributed by atoms with Crippen molar-refractivity contribution in [1.82, 2.24) is 9.88 Å². The van der Waals surface area contributed by atoms with Crippen LogP contribution in [0.4, 0.5) is 5.82 Å². The van der Waals surface area contributed by atoms with Crippen molar-refractivity contribution in [3.05, 3.63) is 23.4 Å². The lowest BCUT2D eigenvalue weighted by atomic mass is 10.1. The Kier molecular flexibility index (Phi) is 6.49. The molecule has 1 aromatic heterocycles. The van der Waals surface area contributed by atoms with Gasteiger partial charge < -0.3 is 10.2 Å². The molecule has 0 aliphatic carbocycles. The number of aromatic nitrogens is 1. The smallest absolute Gasteiger partial charge is 0.254 e. The van der Waals surface area contributed by atoms with E-state index in [0.29, 0.717) is 5.56 Å². The first-order chi connectivity index (χ1) is 9.49. The molecule has 0 radical (unpaired) electrons. The second kappa shape index (κ2) is 7.88. The fraction of sp³-hybridized carbons (Fsp3) is 0.625. The maximum Gasteiger partial charge on any atom is 0.254 e. The maximum absolute atomic E-state index is 12.5. The molecule has 4 nitrogen and oxygen atoms in total. The van der Waals surface area contributed by atoms with Gasteiger partial charge in [-0.1, -0.05) is 20.3 Å². The molecule has 0 saturated carbocycles. The largest absolute Gasteiger partial charge is 0.370 e. The van der Waals surface area contributed by atoms with Crippen LogP contribution in [0.5, 0.6) is 0 Å². The van der Waals surface area contributed by atoms with Gasteiger partial charge in [-0.15, -0.1) is 0 Å². The number of nitrogens with one attached hydrogen (secondary N) is 1. The molecule has 1 rings (SSSR count). The van der Waals surface area contributed by atoms with Gasteiger partial charge in [0.1, 0.15) is 5.82 Å². The molecule has 20 heavy (non-hydrogen) atoms. The number of hydrogen-bond acceptors (Lipinski definition) is 3. The van der Waals surface area contributed by atoms with E-state index >= 15 is 0 Å². The Labute approximate surface area is 122 Å². The van der Waals surface area contributed by atoms with E-state index in [9.17, 15) is 4.79 Å². The molecular formula is C16H27N3O. The summed E-state index contributed by atoms with van der Waals surface area (Å²) in [5.41, 5.74) is 1.58. The van der Waals surface area contributed by atoms with Crippen molar-refractivity contribution in [2.45, 2.75) is 53.0 Å². The van der Waals surface area contributed by atoms with Gasteiger partial charge in [0.2, 0.25) is 0 Å². The summed E-state index contributed by atoms with van der Waals surface area (Å²) in [4.78, 5) is 18.7. The molecule has 1 aromatic rings. The van der Waals surface area contributed by atoms with E-state index in [1.807, 2.05) is 31.0 Å². The Morgan fingerprint density at radius 1 is 1.35 bits per heavy atom. The van der Waals surface area contributed by atoms with E-state index in [1.54, 1.807) is 0 Å². The molecule has 0 bridgehead atoms. The molecule has 1 heterocycles. The van der Waals surface area contributed by atoms with Crippen molar-refractivity contribution < 1.29 is 4.79 Å². The normalized spacial score (nSPS) is 12.1. The molecule has 1 atom stereocenters. The number of hydrogen-bond donors (Lipinski definition) is 1. The first-order valence-electron chi connectivity index (χ1n) is 7.49. The molecular weight excluding hydrogens is 250 g/mol. The Balaban J connectivity index is 2.89. The van der Waals surface area contributed by atoms with E-state index < -0.39 is 0 Å². The molecule has 112 valence electrons. The maximum atomic E-state index is 12.5. The highest BCUT2D eigenvalue weighted by Crippen LogP contribution is 2.15. The predicted octanol–water partition coefficient (Wildman–Crippen LogP) is 3.47. The van der Waals surface area contributed by atoms with Crippen LogP contribution in [0.3, 0.4) is 0 Å². The quantitative estimate of drug-likeness (QED) is 0.830. The van der Waals surface area contributed by atoms with Gasteiger partial charge in [-0.3, -0.25) is 4.79 Å². The summed E-state index contributed by atoms with van der Waals surface area (Å²) in [5.74, 6) is 0.850. The van der Waals surface area contributed by atoms with Crippen LogP contribution in [0.2, 0.25) is 0 Å². The average Bonchev–Trinajstić information content (AvgIpc) is 2.43. The van der Waals surface area contributed by atoms with Crippen molar-refractivity contribution in [1.29, 1.82) is 0 Å². The summed E-state index contributed by atoms with van der Waals surface area (Å²) in [6, 6.07) is 3.96. The van der Waals surface area contributed by atoms with E-state index in [0.717, 1.165) is 37.3 Å². The molecule has 0 aliphatic heterocycles. The molecule has 1 N–H and O–H groups in total. The molecule has 0 aliphatic rings. The second-order valence-corrected chi connectivity index (χ2v) is 5.36. The minimum atomic E-state index is 0.0657. The van der Waals surface area contributed by atoms with Gasteiger partial charge in [-0.2, -0.15) is 0 Å². The third-order valence-corrected chi connectivity index (χ3v) is 3.44. The lowest BCUT2D eigenvalue weighted by Crippen LogP contribution is -2.35. The van der Waals surface area contributed by atoms with Gasteiger partial charge in [0.25, 0.3) is 5.91 Å². The summed E-state index contributed by atoms with van der Waals surface area (Å²) in [5, 5.41) is 3.24. The zero-order valence-corrected chi connectivity index (χ0v) is 13.4. The van der Waals surface area contributed by atoms with Gasteiger partial charge >= 0.3 is 0 Å². The van der Waals surface area contributed by atoms with Crippen molar-refractivity contribution in [3.8, 4) is 0 Å². The molecule has 0 fully saturated rings. The Hall–Kier alpha value is -1.58. The molecule has 1 unspecified atom stereocenters. The Bertz CT molecular complexity index is 445. The first kappa shape index (κ1) is 16.5. The highest BCUT2D eigenvalue weighted by molar-refractivity contribution is 5.95. The van der Waals surface area contributed by atoms with Crippen LogP contribution in [0.1, 0.15) is 56.1 Å². The third-order valence-electron chi connectivity index (χ3n) is 3.44. The highest BCUT2D eigenvalue weighted by Gasteiger charge is 2.17. The second-order valence-electron chi connectivity index (χ2n) is 5.36. The number of carbonyl (C=O) groups is 1. The minimum absolute atomic E-state index is 0.0657. The van der Waals surface area contributed by atoms with E-state index in [2.05, 4.69) is 31.1 Å².